The van der Waals surface area contributed by atoms with Gasteiger partial charge in [0.1, 0.15) is 5.25 Å². The van der Waals surface area contributed by atoms with E-state index in [1.54, 1.807) is 12.1 Å². The van der Waals surface area contributed by atoms with Crippen molar-refractivity contribution in [3.05, 3.63) is 35.9 Å². The molecule has 1 aliphatic rings. The van der Waals surface area contributed by atoms with Crippen LogP contribution in [0.25, 0.3) is 0 Å². The van der Waals surface area contributed by atoms with Gasteiger partial charge in [-0.05, 0) is 18.4 Å². The molecule has 1 fully saturated rings. The monoisotopic (exact) mass is 372 g/mol. The third kappa shape index (κ3) is 4.65. The first kappa shape index (κ1) is 16.7. The lowest BCUT2D eigenvalue weighted by Crippen LogP contribution is -2.36. The van der Waals surface area contributed by atoms with Gasteiger partial charge in [0.15, 0.2) is 15.6 Å². The molecule has 1 saturated carbocycles. The zero-order chi connectivity index (χ0) is 15.3. The van der Waals surface area contributed by atoms with E-state index in [9.17, 15) is 13.2 Å². The maximum atomic E-state index is 12.6. The largest absolute Gasteiger partial charge is 0.297 e. The number of hydrogen-bond donors (Lipinski definition) is 0. The predicted octanol–water partition coefficient (Wildman–Crippen LogP) is 3.66. The zero-order valence-corrected chi connectivity index (χ0v) is 14.4. The lowest BCUT2D eigenvalue weighted by Gasteiger charge is -2.18. The second-order valence-electron chi connectivity index (χ2n) is 5.64. The Bertz CT molecular complexity index is 568. The van der Waals surface area contributed by atoms with E-state index in [4.69, 9.17) is 0 Å². The van der Waals surface area contributed by atoms with E-state index >= 15 is 0 Å². The number of benzene rings is 1. The van der Waals surface area contributed by atoms with Crippen LogP contribution in [0.15, 0.2) is 30.3 Å². The molecule has 0 bridgehead atoms. The minimum Gasteiger partial charge on any atom is -0.297 e. The van der Waals surface area contributed by atoms with Crippen LogP contribution >= 0.6 is 15.9 Å². The van der Waals surface area contributed by atoms with Crippen molar-refractivity contribution in [3.63, 3.8) is 0 Å². The summed E-state index contributed by atoms with van der Waals surface area (Å²) in [5.41, 5.74) is 0.747. The van der Waals surface area contributed by atoms with E-state index in [1.165, 1.54) is 0 Å². The average molecular weight is 373 g/mol. The van der Waals surface area contributed by atoms with Gasteiger partial charge in [0, 0.05) is 0 Å². The highest BCUT2D eigenvalue weighted by Crippen LogP contribution is 2.25. The minimum absolute atomic E-state index is 0.0516. The predicted molar refractivity (Wildman–Crippen MR) is 88.3 cm³/mol. The van der Waals surface area contributed by atoms with Gasteiger partial charge in [-0.2, -0.15) is 0 Å². The quantitative estimate of drug-likeness (QED) is 0.760. The van der Waals surface area contributed by atoms with Gasteiger partial charge in [-0.15, -0.1) is 0 Å². The minimum atomic E-state index is -3.45. The summed E-state index contributed by atoms with van der Waals surface area (Å²) in [6.07, 6.45) is 5.05. The van der Waals surface area contributed by atoms with Crippen molar-refractivity contribution >= 4 is 31.6 Å². The normalized spacial score (nSPS) is 24.9. The summed E-state index contributed by atoms with van der Waals surface area (Å²) in [5.74, 6) is -0.211. The van der Waals surface area contributed by atoms with Crippen LogP contribution in [0, 0.1) is 0 Å². The summed E-state index contributed by atoms with van der Waals surface area (Å²) in [6.45, 7) is 0. The molecule has 0 heterocycles. The van der Waals surface area contributed by atoms with E-state index in [-0.39, 0.29) is 16.4 Å². The summed E-state index contributed by atoms with van der Waals surface area (Å²) < 4.78 is 25.3. The fraction of sp³-hybridized carbons (Fsp3) is 0.562. The summed E-state index contributed by atoms with van der Waals surface area (Å²) >= 11 is 3.38. The Balaban J connectivity index is 2.20. The number of Topliss-reactive ketones (excluding diaryl/α,β-unsaturated/α-hetero) is 1. The Morgan fingerprint density at radius 2 is 1.62 bits per heavy atom. The Labute approximate surface area is 135 Å². The standard InChI is InChI=1S/C16H21BrO3S/c17-14-10-6-1-2-7-11-15(16(14)18)21(19,20)12-13-8-4-3-5-9-13/h3-5,8-9,14-15H,1-2,6-7,10-12H2. The molecule has 21 heavy (non-hydrogen) atoms. The van der Waals surface area contributed by atoms with Gasteiger partial charge in [0.25, 0.3) is 0 Å². The molecule has 2 atom stereocenters. The molecule has 5 heteroatoms. The van der Waals surface area contributed by atoms with Gasteiger partial charge in [0.2, 0.25) is 0 Å². The summed E-state index contributed by atoms with van der Waals surface area (Å²) in [6, 6.07) is 9.09. The number of sulfone groups is 1. The number of rotatable bonds is 3. The van der Waals surface area contributed by atoms with Crippen molar-refractivity contribution in [2.45, 2.75) is 54.4 Å². The Morgan fingerprint density at radius 1 is 1.00 bits per heavy atom. The van der Waals surface area contributed by atoms with Crippen LogP contribution in [-0.2, 0) is 20.4 Å². The number of carbonyl (C=O) groups excluding carboxylic acids is 1. The van der Waals surface area contributed by atoms with Gasteiger partial charge in [0.05, 0.1) is 10.6 Å². The lowest BCUT2D eigenvalue weighted by molar-refractivity contribution is -0.118. The summed E-state index contributed by atoms with van der Waals surface area (Å²) in [4.78, 5) is 12.1. The topological polar surface area (TPSA) is 51.2 Å². The highest BCUT2D eigenvalue weighted by atomic mass is 79.9. The second kappa shape index (κ2) is 7.54. The maximum absolute atomic E-state index is 12.6. The van der Waals surface area contributed by atoms with Crippen LogP contribution in [0.4, 0.5) is 0 Å². The molecule has 0 aromatic heterocycles. The van der Waals surface area contributed by atoms with E-state index in [1.807, 2.05) is 18.2 Å². The van der Waals surface area contributed by atoms with Crippen LogP contribution < -0.4 is 0 Å². The molecule has 0 radical (unpaired) electrons. The Morgan fingerprint density at radius 3 is 2.29 bits per heavy atom. The fourth-order valence-corrected chi connectivity index (χ4v) is 5.48. The highest BCUT2D eigenvalue weighted by molar-refractivity contribution is 9.10. The molecule has 2 unspecified atom stereocenters. The van der Waals surface area contributed by atoms with Gasteiger partial charge in [-0.3, -0.25) is 4.79 Å². The molecule has 2 rings (SSSR count). The molecular weight excluding hydrogens is 352 g/mol. The molecule has 0 spiro atoms. The average Bonchev–Trinajstić information content (AvgIpc) is 2.52. The SMILES string of the molecule is O=C1C(Br)CCCCCCC1S(=O)(=O)Cc1ccccc1. The van der Waals surface area contributed by atoms with Gasteiger partial charge >= 0.3 is 0 Å². The van der Waals surface area contributed by atoms with Crippen molar-refractivity contribution in [2.75, 3.05) is 0 Å². The third-order valence-electron chi connectivity index (χ3n) is 3.94. The van der Waals surface area contributed by atoms with E-state index in [0.717, 1.165) is 37.7 Å². The first-order valence-electron chi connectivity index (χ1n) is 7.44. The molecule has 1 aromatic carbocycles. The van der Waals surface area contributed by atoms with Crippen molar-refractivity contribution in [1.82, 2.24) is 0 Å². The van der Waals surface area contributed by atoms with Crippen LogP contribution in [0.3, 0.4) is 0 Å². The third-order valence-corrected chi connectivity index (χ3v) is 6.92. The number of carbonyl (C=O) groups is 1. The van der Waals surface area contributed by atoms with Crippen LogP contribution in [-0.4, -0.2) is 24.3 Å². The molecule has 1 aliphatic carbocycles. The van der Waals surface area contributed by atoms with E-state index < -0.39 is 15.1 Å². The van der Waals surface area contributed by atoms with Crippen molar-refractivity contribution < 1.29 is 13.2 Å². The molecule has 1 aromatic rings. The van der Waals surface area contributed by atoms with Crippen molar-refractivity contribution in [1.29, 1.82) is 0 Å². The van der Waals surface area contributed by atoms with Crippen LogP contribution in [0.2, 0.25) is 0 Å². The molecule has 116 valence electrons. The van der Waals surface area contributed by atoms with E-state index in [2.05, 4.69) is 15.9 Å². The first-order valence-corrected chi connectivity index (χ1v) is 10.1. The first-order chi connectivity index (χ1) is 10.0. The van der Waals surface area contributed by atoms with Gasteiger partial charge in [-0.1, -0.05) is 71.9 Å². The van der Waals surface area contributed by atoms with Gasteiger partial charge < -0.3 is 0 Å². The maximum Gasteiger partial charge on any atom is 0.164 e. The summed E-state index contributed by atoms with van der Waals surface area (Å²) in [5, 5.41) is -0.861. The smallest absolute Gasteiger partial charge is 0.164 e. The molecular formula is C16H21BrO3S. The molecule has 0 saturated heterocycles. The van der Waals surface area contributed by atoms with Crippen molar-refractivity contribution in [3.8, 4) is 0 Å². The molecule has 3 nitrogen and oxygen atoms in total. The Hall–Kier alpha value is -0.680. The van der Waals surface area contributed by atoms with Crippen molar-refractivity contribution in [2.24, 2.45) is 0 Å². The highest BCUT2D eigenvalue weighted by Gasteiger charge is 2.35. The number of ketones is 1. The van der Waals surface area contributed by atoms with Gasteiger partial charge in [-0.25, -0.2) is 8.42 Å². The summed E-state index contributed by atoms with van der Waals surface area (Å²) in [7, 11) is -3.45. The van der Waals surface area contributed by atoms with Crippen LogP contribution in [0.1, 0.15) is 44.1 Å². The number of halogens is 1. The van der Waals surface area contributed by atoms with E-state index in [0.29, 0.717) is 6.42 Å². The number of hydrogen-bond acceptors (Lipinski definition) is 3. The molecule has 0 N–H and O–H groups in total. The molecule has 0 aliphatic heterocycles. The zero-order valence-electron chi connectivity index (χ0n) is 12.0. The number of alkyl halides is 1. The second-order valence-corrected chi connectivity index (χ2v) is 8.93. The lowest BCUT2D eigenvalue weighted by atomic mass is 10.1. The fourth-order valence-electron chi connectivity index (χ4n) is 2.76. The Kier molecular flexibility index (Phi) is 5.99. The molecule has 0 amide bonds. The van der Waals surface area contributed by atoms with Crippen LogP contribution in [0.5, 0.6) is 0 Å².